The molecule has 2 aliphatic rings. The Hall–Kier alpha value is -0.940. The summed E-state index contributed by atoms with van der Waals surface area (Å²) in [6.07, 6.45) is 4.55. The van der Waals surface area contributed by atoms with E-state index in [9.17, 15) is 9.90 Å². The summed E-state index contributed by atoms with van der Waals surface area (Å²) in [7, 11) is 0. The molecule has 2 aliphatic carbocycles. The molecule has 0 aromatic carbocycles. The van der Waals surface area contributed by atoms with Crippen LogP contribution in [-0.2, 0) is 11.3 Å². The molecule has 98 valence electrons. The molecule has 0 radical (unpaired) electrons. The average molecular weight is 266 g/mol. The molecule has 2 unspecified atom stereocenters. The number of rotatable bonds is 4. The second-order valence-electron chi connectivity index (χ2n) is 5.26. The summed E-state index contributed by atoms with van der Waals surface area (Å²) in [6, 6.07) is 0. The summed E-state index contributed by atoms with van der Waals surface area (Å²) in [5.74, 6) is 0.429. The van der Waals surface area contributed by atoms with Crippen LogP contribution in [0.25, 0.3) is 0 Å². The minimum atomic E-state index is -0.455. The van der Waals surface area contributed by atoms with E-state index in [-0.39, 0.29) is 11.8 Å². The molecule has 1 amide bonds. The molecular weight excluding hydrogens is 248 g/mol. The number of nitrogens with zero attached hydrogens (tertiary/aromatic N) is 1. The van der Waals surface area contributed by atoms with E-state index in [1.54, 1.807) is 11.3 Å². The first-order chi connectivity index (χ1) is 8.74. The zero-order valence-electron chi connectivity index (χ0n) is 10.3. The molecule has 2 fully saturated rings. The lowest BCUT2D eigenvalue weighted by Crippen LogP contribution is -2.34. The van der Waals surface area contributed by atoms with Gasteiger partial charge in [0.25, 0.3) is 0 Å². The van der Waals surface area contributed by atoms with Crippen molar-refractivity contribution in [3.8, 4) is 0 Å². The van der Waals surface area contributed by atoms with Crippen molar-refractivity contribution in [2.24, 2.45) is 5.92 Å². The first-order valence-electron chi connectivity index (χ1n) is 6.64. The molecule has 0 bridgehead atoms. The van der Waals surface area contributed by atoms with Crippen LogP contribution in [-0.4, -0.2) is 22.1 Å². The molecule has 0 aliphatic heterocycles. The maximum Gasteiger partial charge on any atom is 0.226 e. The number of carbonyl (C=O) groups excluding carboxylic acids is 1. The first kappa shape index (κ1) is 12.1. The minimum Gasteiger partial charge on any atom is -0.392 e. The molecule has 5 heteroatoms. The van der Waals surface area contributed by atoms with Crippen LogP contribution in [0.15, 0.2) is 5.38 Å². The van der Waals surface area contributed by atoms with E-state index < -0.39 is 6.10 Å². The Bertz CT molecular complexity index is 442. The molecule has 1 heterocycles. The Labute approximate surface area is 110 Å². The fraction of sp³-hybridized carbons (Fsp3) is 0.692. The van der Waals surface area contributed by atoms with E-state index in [0.29, 0.717) is 12.5 Å². The van der Waals surface area contributed by atoms with Crippen molar-refractivity contribution < 1.29 is 9.90 Å². The van der Waals surface area contributed by atoms with Crippen molar-refractivity contribution in [3.05, 3.63) is 16.1 Å². The van der Waals surface area contributed by atoms with Crippen molar-refractivity contribution in [2.75, 3.05) is 0 Å². The Morgan fingerprint density at radius 3 is 2.94 bits per heavy atom. The number of amides is 1. The van der Waals surface area contributed by atoms with Crippen LogP contribution in [0.1, 0.15) is 48.7 Å². The Morgan fingerprint density at radius 1 is 1.44 bits per heavy atom. The van der Waals surface area contributed by atoms with Crippen LogP contribution in [0.4, 0.5) is 0 Å². The lowest BCUT2D eigenvalue weighted by Gasteiger charge is -2.13. The Morgan fingerprint density at radius 2 is 2.28 bits per heavy atom. The first-order valence-corrected chi connectivity index (χ1v) is 7.52. The van der Waals surface area contributed by atoms with Crippen LogP contribution >= 0.6 is 11.3 Å². The predicted octanol–water partition coefficient (Wildman–Crippen LogP) is 1.80. The van der Waals surface area contributed by atoms with Crippen LogP contribution in [0, 0.1) is 5.92 Å². The predicted molar refractivity (Wildman–Crippen MR) is 69.3 cm³/mol. The van der Waals surface area contributed by atoms with Gasteiger partial charge in [-0.05, 0) is 32.1 Å². The second kappa shape index (κ2) is 4.97. The van der Waals surface area contributed by atoms with E-state index in [2.05, 4.69) is 15.7 Å². The van der Waals surface area contributed by atoms with Crippen molar-refractivity contribution in [3.63, 3.8) is 0 Å². The fourth-order valence-corrected chi connectivity index (χ4v) is 3.33. The molecule has 4 nitrogen and oxygen atoms in total. The third-order valence-corrected chi connectivity index (χ3v) is 4.66. The molecule has 3 rings (SSSR count). The van der Waals surface area contributed by atoms with Crippen LogP contribution in [0.2, 0.25) is 0 Å². The zero-order chi connectivity index (χ0) is 12.5. The molecule has 2 atom stereocenters. The number of carbonyl (C=O) groups is 1. The number of aliphatic hydroxyl groups excluding tert-OH is 1. The van der Waals surface area contributed by atoms with Crippen molar-refractivity contribution in [1.29, 1.82) is 0 Å². The molecular formula is C13H18N2O2S. The third kappa shape index (κ3) is 2.57. The molecule has 18 heavy (non-hydrogen) atoms. The fourth-order valence-electron chi connectivity index (χ4n) is 2.51. The summed E-state index contributed by atoms with van der Waals surface area (Å²) in [5.41, 5.74) is 1.19. The monoisotopic (exact) mass is 266 g/mol. The summed E-state index contributed by atoms with van der Waals surface area (Å²) < 4.78 is 0. The highest BCUT2D eigenvalue weighted by atomic mass is 32.1. The van der Waals surface area contributed by atoms with E-state index >= 15 is 0 Å². The molecule has 0 spiro atoms. The Balaban J connectivity index is 1.51. The van der Waals surface area contributed by atoms with Gasteiger partial charge in [0.1, 0.15) is 5.01 Å². The van der Waals surface area contributed by atoms with Crippen molar-refractivity contribution in [1.82, 2.24) is 10.3 Å². The summed E-state index contributed by atoms with van der Waals surface area (Å²) >= 11 is 1.61. The molecule has 1 aromatic heterocycles. The van der Waals surface area contributed by atoms with Gasteiger partial charge in [0.15, 0.2) is 0 Å². The lowest BCUT2D eigenvalue weighted by atomic mass is 10.1. The summed E-state index contributed by atoms with van der Waals surface area (Å²) in [4.78, 5) is 16.4. The van der Waals surface area contributed by atoms with E-state index in [1.165, 1.54) is 18.5 Å². The molecule has 1 aromatic rings. The maximum atomic E-state index is 11.9. The summed E-state index contributed by atoms with van der Waals surface area (Å²) in [6.45, 7) is 0.499. The number of nitrogens with one attached hydrogen (secondary N) is 1. The van der Waals surface area contributed by atoms with Crippen molar-refractivity contribution >= 4 is 17.2 Å². The number of thiazole rings is 1. The van der Waals surface area contributed by atoms with Gasteiger partial charge in [0, 0.05) is 11.3 Å². The molecule has 2 N–H and O–H groups in total. The average Bonchev–Trinajstić information content (AvgIpc) is 2.95. The highest BCUT2D eigenvalue weighted by Crippen LogP contribution is 2.40. The second-order valence-corrected chi connectivity index (χ2v) is 6.21. The van der Waals surface area contributed by atoms with Gasteiger partial charge in [-0.1, -0.05) is 0 Å². The van der Waals surface area contributed by atoms with Gasteiger partial charge in [-0.3, -0.25) is 4.79 Å². The molecule has 2 saturated carbocycles. The van der Waals surface area contributed by atoms with Gasteiger partial charge in [-0.25, -0.2) is 4.98 Å². The van der Waals surface area contributed by atoms with Crippen LogP contribution in [0.3, 0.4) is 0 Å². The highest BCUT2D eigenvalue weighted by Gasteiger charge is 2.31. The third-order valence-electron chi connectivity index (χ3n) is 3.80. The largest absolute Gasteiger partial charge is 0.392 e. The smallest absolute Gasteiger partial charge is 0.226 e. The van der Waals surface area contributed by atoms with E-state index in [4.69, 9.17) is 0 Å². The van der Waals surface area contributed by atoms with Gasteiger partial charge >= 0.3 is 0 Å². The number of hydrogen-bond acceptors (Lipinski definition) is 4. The highest BCUT2D eigenvalue weighted by molar-refractivity contribution is 7.09. The van der Waals surface area contributed by atoms with Crippen molar-refractivity contribution in [2.45, 2.75) is 50.7 Å². The lowest BCUT2D eigenvalue weighted by molar-refractivity contribution is -0.127. The van der Waals surface area contributed by atoms with Gasteiger partial charge < -0.3 is 10.4 Å². The normalized spacial score (nSPS) is 27.4. The molecule has 0 saturated heterocycles. The van der Waals surface area contributed by atoms with Crippen LogP contribution < -0.4 is 5.32 Å². The number of hydrogen-bond donors (Lipinski definition) is 2. The topological polar surface area (TPSA) is 62.2 Å². The standard InChI is InChI=1S/C13H18N2O2S/c16-11-3-1-2-9(11)13(17)14-6-12-15-10(7-18-12)8-4-5-8/h7-9,11,16H,1-6H2,(H,14,17). The maximum absolute atomic E-state index is 11.9. The minimum absolute atomic E-state index is 0.0248. The zero-order valence-corrected chi connectivity index (χ0v) is 11.1. The van der Waals surface area contributed by atoms with Gasteiger partial charge in [0.05, 0.1) is 24.3 Å². The SMILES string of the molecule is O=C(NCc1nc(C2CC2)cs1)C1CCCC1O. The summed E-state index contributed by atoms with van der Waals surface area (Å²) in [5, 5.41) is 15.6. The van der Waals surface area contributed by atoms with Gasteiger partial charge in [0.2, 0.25) is 5.91 Å². The van der Waals surface area contributed by atoms with E-state index in [1.807, 2.05) is 0 Å². The van der Waals surface area contributed by atoms with E-state index in [0.717, 1.165) is 24.3 Å². The number of aliphatic hydroxyl groups is 1. The number of aromatic nitrogens is 1. The van der Waals surface area contributed by atoms with Crippen LogP contribution in [0.5, 0.6) is 0 Å². The Kier molecular flexibility index (Phi) is 3.35. The quantitative estimate of drug-likeness (QED) is 0.873. The van der Waals surface area contributed by atoms with Gasteiger partial charge in [-0.2, -0.15) is 0 Å². The van der Waals surface area contributed by atoms with Gasteiger partial charge in [-0.15, -0.1) is 11.3 Å².